The molecule has 0 aliphatic heterocycles. The van der Waals surface area contributed by atoms with Crippen molar-refractivity contribution in [2.24, 2.45) is 0 Å². The zero-order chi connectivity index (χ0) is 11.8. The molecule has 2 atom stereocenters. The summed E-state index contributed by atoms with van der Waals surface area (Å²) in [5.74, 6) is 2.22. The van der Waals surface area contributed by atoms with E-state index in [1.165, 1.54) is 12.8 Å². The largest absolute Gasteiger partial charge is 0.367 e. The van der Waals surface area contributed by atoms with Gasteiger partial charge in [-0.05, 0) is 19.9 Å². The standard InChI is InChI=1S/C12H20N2O2/c1-3-8-14-12(15)9-16-11-7-5-4-6-10(11)13-2/h1,10-11,13H,4-9H2,2H3,(H,14,15). The maximum Gasteiger partial charge on any atom is 0.246 e. The van der Waals surface area contributed by atoms with Crippen LogP contribution in [0.4, 0.5) is 0 Å². The summed E-state index contributed by atoms with van der Waals surface area (Å²) in [4.78, 5) is 11.3. The molecule has 0 heterocycles. The molecule has 1 aliphatic rings. The van der Waals surface area contributed by atoms with E-state index in [2.05, 4.69) is 16.6 Å². The highest BCUT2D eigenvalue weighted by molar-refractivity contribution is 5.77. The maximum atomic E-state index is 11.3. The molecule has 4 nitrogen and oxygen atoms in total. The van der Waals surface area contributed by atoms with Crippen molar-refractivity contribution in [1.82, 2.24) is 10.6 Å². The van der Waals surface area contributed by atoms with Gasteiger partial charge in [0.1, 0.15) is 6.61 Å². The summed E-state index contributed by atoms with van der Waals surface area (Å²) in [6.45, 7) is 0.368. The number of amides is 1. The van der Waals surface area contributed by atoms with Crippen LogP contribution in [0.1, 0.15) is 25.7 Å². The fourth-order valence-electron chi connectivity index (χ4n) is 2.01. The van der Waals surface area contributed by atoms with E-state index in [-0.39, 0.29) is 25.2 Å². The highest BCUT2D eigenvalue weighted by Crippen LogP contribution is 2.20. The summed E-state index contributed by atoms with van der Waals surface area (Å²) in [5.41, 5.74) is 0. The lowest BCUT2D eigenvalue weighted by Crippen LogP contribution is -2.43. The van der Waals surface area contributed by atoms with E-state index in [1.54, 1.807) is 0 Å². The van der Waals surface area contributed by atoms with Gasteiger partial charge in [-0.1, -0.05) is 18.8 Å². The SMILES string of the molecule is C#CCNC(=O)COC1CCCCC1NC. The van der Waals surface area contributed by atoms with Gasteiger partial charge in [-0.2, -0.15) is 0 Å². The maximum absolute atomic E-state index is 11.3. The van der Waals surface area contributed by atoms with Gasteiger partial charge in [0, 0.05) is 6.04 Å². The van der Waals surface area contributed by atoms with Crippen molar-refractivity contribution in [2.45, 2.75) is 37.8 Å². The molecule has 0 aromatic rings. The highest BCUT2D eigenvalue weighted by Gasteiger charge is 2.24. The third-order valence-electron chi connectivity index (χ3n) is 2.89. The molecular formula is C12H20N2O2. The van der Waals surface area contributed by atoms with Gasteiger partial charge in [-0.25, -0.2) is 0 Å². The second kappa shape index (κ2) is 7.26. The topological polar surface area (TPSA) is 50.4 Å². The number of nitrogens with one attached hydrogen (secondary N) is 2. The summed E-state index contributed by atoms with van der Waals surface area (Å²) < 4.78 is 5.60. The first-order valence-corrected chi connectivity index (χ1v) is 5.77. The van der Waals surface area contributed by atoms with Crippen molar-refractivity contribution in [3.05, 3.63) is 0 Å². The van der Waals surface area contributed by atoms with Crippen LogP contribution in [-0.2, 0) is 9.53 Å². The molecule has 4 heteroatoms. The number of likely N-dealkylation sites (N-methyl/N-ethyl adjacent to an activating group) is 1. The first-order valence-electron chi connectivity index (χ1n) is 5.77. The number of hydrogen-bond donors (Lipinski definition) is 2. The molecular weight excluding hydrogens is 204 g/mol. The molecule has 2 N–H and O–H groups in total. The normalized spacial score (nSPS) is 24.8. The van der Waals surface area contributed by atoms with Crippen LogP contribution >= 0.6 is 0 Å². The summed E-state index contributed by atoms with van der Waals surface area (Å²) in [6.07, 6.45) is 9.74. The lowest BCUT2D eigenvalue weighted by molar-refractivity contribution is -0.128. The van der Waals surface area contributed by atoms with Gasteiger partial charge >= 0.3 is 0 Å². The second-order valence-corrected chi connectivity index (χ2v) is 4.01. The van der Waals surface area contributed by atoms with Crippen molar-refractivity contribution in [3.8, 4) is 12.3 Å². The first kappa shape index (κ1) is 13.0. The molecule has 0 radical (unpaired) electrons. The van der Waals surface area contributed by atoms with E-state index in [0.29, 0.717) is 6.04 Å². The summed E-state index contributed by atoms with van der Waals surface area (Å²) in [6, 6.07) is 0.370. The number of terminal acetylenes is 1. The van der Waals surface area contributed by atoms with Crippen LogP contribution < -0.4 is 10.6 Å². The summed E-state index contributed by atoms with van der Waals surface area (Å²) in [5, 5.41) is 5.82. The van der Waals surface area contributed by atoms with E-state index in [0.717, 1.165) is 12.8 Å². The van der Waals surface area contributed by atoms with Crippen molar-refractivity contribution in [2.75, 3.05) is 20.2 Å². The number of ether oxygens (including phenoxy) is 1. The average molecular weight is 224 g/mol. The molecule has 16 heavy (non-hydrogen) atoms. The Bertz CT molecular complexity index is 260. The van der Waals surface area contributed by atoms with Gasteiger partial charge in [-0.15, -0.1) is 6.42 Å². The van der Waals surface area contributed by atoms with Crippen LogP contribution in [0.3, 0.4) is 0 Å². The zero-order valence-corrected chi connectivity index (χ0v) is 9.79. The fraction of sp³-hybridized carbons (Fsp3) is 0.750. The van der Waals surface area contributed by atoms with Crippen LogP contribution in [0.2, 0.25) is 0 Å². The van der Waals surface area contributed by atoms with Gasteiger partial charge in [-0.3, -0.25) is 4.79 Å². The van der Waals surface area contributed by atoms with E-state index >= 15 is 0 Å². The predicted octanol–water partition coefficient (Wildman–Crippen LogP) is 0.283. The fourth-order valence-corrected chi connectivity index (χ4v) is 2.01. The monoisotopic (exact) mass is 224 g/mol. The molecule has 90 valence electrons. The predicted molar refractivity (Wildman–Crippen MR) is 62.9 cm³/mol. The third kappa shape index (κ3) is 4.21. The second-order valence-electron chi connectivity index (χ2n) is 4.01. The van der Waals surface area contributed by atoms with Crippen molar-refractivity contribution in [1.29, 1.82) is 0 Å². The van der Waals surface area contributed by atoms with Gasteiger partial charge in [0.25, 0.3) is 0 Å². The Kier molecular flexibility index (Phi) is 5.91. The third-order valence-corrected chi connectivity index (χ3v) is 2.89. The molecule has 2 unspecified atom stereocenters. The minimum atomic E-state index is -0.140. The molecule has 0 bridgehead atoms. The molecule has 1 aliphatic carbocycles. The number of carbonyl (C=O) groups excluding carboxylic acids is 1. The Morgan fingerprint density at radius 3 is 2.94 bits per heavy atom. The van der Waals surface area contributed by atoms with Crippen LogP contribution in [0.5, 0.6) is 0 Å². The van der Waals surface area contributed by atoms with E-state index in [9.17, 15) is 4.79 Å². The molecule has 0 aromatic heterocycles. The number of rotatable bonds is 5. The minimum absolute atomic E-state index is 0.102. The molecule has 1 fully saturated rings. The van der Waals surface area contributed by atoms with Crippen LogP contribution in [0.25, 0.3) is 0 Å². The Balaban J connectivity index is 2.24. The van der Waals surface area contributed by atoms with E-state index < -0.39 is 0 Å². The van der Waals surface area contributed by atoms with Crippen LogP contribution in [0, 0.1) is 12.3 Å². The van der Waals surface area contributed by atoms with Gasteiger partial charge in [0.2, 0.25) is 5.91 Å². The smallest absolute Gasteiger partial charge is 0.246 e. The molecule has 0 saturated heterocycles. The Morgan fingerprint density at radius 2 is 2.25 bits per heavy atom. The minimum Gasteiger partial charge on any atom is -0.367 e. The van der Waals surface area contributed by atoms with E-state index in [1.807, 2.05) is 7.05 Å². The van der Waals surface area contributed by atoms with Gasteiger partial charge in [0.05, 0.1) is 12.6 Å². The molecule has 1 amide bonds. The molecule has 1 saturated carbocycles. The Labute approximate surface area is 97.1 Å². The number of carbonyl (C=O) groups is 1. The quantitative estimate of drug-likeness (QED) is 0.660. The van der Waals surface area contributed by atoms with E-state index in [4.69, 9.17) is 11.2 Å². The van der Waals surface area contributed by atoms with Crippen LogP contribution in [0.15, 0.2) is 0 Å². The van der Waals surface area contributed by atoms with Crippen molar-refractivity contribution in [3.63, 3.8) is 0 Å². The summed E-state index contributed by atoms with van der Waals surface area (Å²) in [7, 11) is 1.94. The zero-order valence-electron chi connectivity index (χ0n) is 9.79. The van der Waals surface area contributed by atoms with Gasteiger partial charge in [0.15, 0.2) is 0 Å². The molecule has 1 rings (SSSR count). The van der Waals surface area contributed by atoms with Crippen LogP contribution in [-0.4, -0.2) is 38.3 Å². The first-order chi connectivity index (χ1) is 7.77. The van der Waals surface area contributed by atoms with Gasteiger partial charge < -0.3 is 15.4 Å². The lowest BCUT2D eigenvalue weighted by atomic mass is 9.92. The molecule has 0 aromatic carbocycles. The average Bonchev–Trinajstić information content (AvgIpc) is 2.34. The lowest BCUT2D eigenvalue weighted by Gasteiger charge is -2.30. The summed E-state index contributed by atoms with van der Waals surface area (Å²) >= 11 is 0. The molecule has 0 spiro atoms. The Hall–Kier alpha value is -1.05. The number of hydrogen-bond acceptors (Lipinski definition) is 3. The van der Waals surface area contributed by atoms with Crippen molar-refractivity contribution < 1.29 is 9.53 Å². The highest BCUT2D eigenvalue weighted by atomic mass is 16.5. The Morgan fingerprint density at radius 1 is 1.50 bits per heavy atom. The van der Waals surface area contributed by atoms with Crippen molar-refractivity contribution >= 4 is 5.91 Å².